The van der Waals surface area contributed by atoms with Gasteiger partial charge in [0.2, 0.25) is 5.91 Å². The minimum Gasteiger partial charge on any atom is -0.495 e. The van der Waals surface area contributed by atoms with Crippen molar-refractivity contribution < 1.29 is 18.7 Å². The molecule has 9 nitrogen and oxygen atoms in total. The first-order valence-electron chi connectivity index (χ1n) is 9.95. The first kappa shape index (κ1) is 22.2. The van der Waals surface area contributed by atoms with E-state index in [1.54, 1.807) is 66.5 Å². The molecule has 2 aromatic heterocycles. The summed E-state index contributed by atoms with van der Waals surface area (Å²) in [5, 5.41) is 14.4. The Morgan fingerprint density at radius 3 is 2.55 bits per heavy atom. The Morgan fingerprint density at radius 2 is 1.82 bits per heavy atom. The first-order valence-corrected chi connectivity index (χ1v) is 10.9. The predicted molar refractivity (Wildman–Crippen MR) is 125 cm³/mol. The second kappa shape index (κ2) is 10.0. The fourth-order valence-corrected chi connectivity index (χ4v) is 3.75. The number of ether oxygens (including phenoxy) is 1. The van der Waals surface area contributed by atoms with Crippen LogP contribution in [0, 0.1) is 0 Å². The lowest BCUT2D eigenvalue weighted by Gasteiger charge is -2.10. The third-order valence-corrected chi connectivity index (χ3v) is 5.72. The van der Waals surface area contributed by atoms with Crippen molar-refractivity contribution in [3.05, 3.63) is 72.5 Å². The van der Waals surface area contributed by atoms with E-state index in [9.17, 15) is 9.59 Å². The van der Waals surface area contributed by atoms with E-state index in [0.717, 1.165) is 0 Å². The third-order valence-electron chi connectivity index (χ3n) is 4.69. The van der Waals surface area contributed by atoms with Gasteiger partial charge in [-0.05, 0) is 48.5 Å². The van der Waals surface area contributed by atoms with Gasteiger partial charge in [0.1, 0.15) is 5.75 Å². The number of hydrogen-bond acceptors (Lipinski definition) is 7. The molecule has 4 rings (SSSR count). The predicted octanol–water partition coefficient (Wildman–Crippen LogP) is 4.07. The number of rotatable bonds is 8. The molecule has 10 heteroatoms. The van der Waals surface area contributed by atoms with E-state index in [2.05, 4.69) is 20.8 Å². The molecule has 4 aromatic rings. The summed E-state index contributed by atoms with van der Waals surface area (Å²) in [6, 6.07) is 17.4. The van der Waals surface area contributed by atoms with Gasteiger partial charge in [0.15, 0.2) is 16.7 Å². The Bertz CT molecular complexity index is 1250. The average Bonchev–Trinajstić information content (AvgIpc) is 3.48. The molecule has 0 bridgehead atoms. The molecular formula is C23H21N5O4S. The Balaban J connectivity index is 1.32. The van der Waals surface area contributed by atoms with Gasteiger partial charge in [0.05, 0.1) is 24.8 Å². The number of thioether (sulfide) groups is 1. The number of aromatic nitrogens is 3. The van der Waals surface area contributed by atoms with Crippen LogP contribution in [0.2, 0.25) is 0 Å². The summed E-state index contributed by atoms with van der Waals surface area (Å²) in [6.45, 7) is 0. The summed E-state index contributed by atoms with van der Waals surface area (Å²) >= 11 is 1.26. The van der Waals surface area contributed by atoms with Crippen molar-refractivity contribution in [1.29, 1.82) is 0 Å². The molecule has 2 amide bonds. The molecule has 0 atom stereocenters. The maximum atomic E-state index is 12.5. The monoisotopic (exact) mass is 463 g/mol. The fourth-order valence-electron chi connectivity index (χ4n) is 3.04. The van der Waals surface area contributed by atoms with Gasteiger partial charge in [-0.1, -0.05) is 23.9 Å². The average molecular weight is 464 g/mol. The van der Waals surface area contributed by atoms with Crippen molar-refractivity contribution >= 4 is 35.0 Å². The highest BCUT2D eigenvalue weighted by Gasteiger charge is 2.15. The summed E-state index contributed by atoms with van der Waals surface area (Å²) < 4.78 is 12.4. The number of furan rings is 1. The third kappa shape index (κ3) is 5.24. The van der Waals surface area contributed by atoms with Crippen molar-refractivity contribution in [3.63, 3.8) is 0 Å². The smallest absolute Gasteiger partial charge is 0.255 e. The summed E-state index contributed by atoms with van der Waals surface area (Å²) in [4.78, 5) is 24.9. The standard InChI is InChI=1S/C23H21N5O4S/c1-28-21(19-8-5-13-32-19)26-27-23(28)33-14-20(29)24-16-11-9-15(10-12-16)22(30)25-17-6-3-4-7-18(17)31-2/h3-13H,14H2,1-2H3,(H,24,29)(H,25,30). The number of anilines is 2. The molecule has 0 aliphatic rings. The number of nitrogens with one attached hydrogen (secondary N) is 2. The van der Waals surface area contributed by atoms with Crippen LogP contribution in [-0.2, 0) is 11.8 Å². The molecule has 2 N–H and O–H groups in total. The van der Waals surface area contributed by atoms with Crippen LogP contribution in [-0.4, -0.2) is 39.4 Å². The normalized spacial score (nSPS) is 10.6. The molecule has 0 fully saturated rings. The number of carbonyl (C=O) groups is 2. The molecule has 2 heterocycles. The molecule has 168 valence electrons. The highest BCUT2D eigenvalue weighted by molar-refractivity contribution is 7.99. The maximum absolute atomic E-state index is 12.5. The van der Waals surface area contributed by atoms with E-state index >= 15 is 0 Å². The molecule has 0 saturated heterocycles. The van der Waals surface area contributed by atoms with Gasteiger partial charge in [-0.2, -0.15) is 0 Å². The molecule has 0 aliphatic heterocycles. The van der Waals surface area contributed by atoms with Gasteiger partial charge in [0.25, 0.3) is 5.91 Å². The number of benzene rings is 2. The Hall–Kier alpha value is -4.05. The number of hydrogen-bond donors (Lipinski definition) is 2. The zero-order valence-corrected chi connectivity index (χ0v) is 18.8. The molecule has 0 aliphatic carbocycles. The Kier molecular flexibility index (Phi) is 6.75. The Labute approximate surface area is 194 Å². The van der Waals surface area contributed by atoms with Crippen molar-refractivity contribution in [3.8, 4) is 17.3 Å². The molecule has 0 unspecified atom stereocenters. The van der Waals surface area contributed by atoms with E-state index in [-0.39, 0.29) is 17.6 Å². The summed E-state index contributed by atoms with van der Waals surface area (Å²) in [5.74, 6) is 1.45. The van der Waals surface area contributed by atoms with Gasteiger partial charge in [-0.15, -0.1) is 10.2 Å². The van der Waals surface area contributed by atoms with E-state index in [0.29, 0.717) is 39.4 Å². The molecule has 0 radical (unpaired) electrons. The lowest BCUT2D eigenvalue weighted by atomic mass is 10.2. The number of amides is 2. The number of para-hydroxylation sites is 2. The summed E-state index contributed by atoms with van der Waals surface area (Å²) in [6.07, 6.45) is 1.57. The zero-order chi connectivity index (χ0) is 23.2. The van der Waals surface area contributed by atoms with E-state index in [1.165, 1.54) is 11.8 Å². The SMILES string of the molecule is COc1ccccc1NC(=O)c1ccc(NC(=O)CSc2nnc(-c3ccco3)n2C)cc1. The minimum atomic E-state index is -0.275. The van der Waals surface area contributed by atoms with Crippen molar-refractivity contribution in [2.75, 3.05) is 23.5 Å². The second-order valence-electron chi connectivity index (χ2n) is 6.91. The van der Waals surface area contributed by atoms with Crippen LogP contribution < -0.4 is 15.4 Å². The fraction of sp³-hybridized carbons (Fsp3) is 0.130. The maximum Gasteiger partial charge on any atom is 0.255 e. The number of nitrogens with zero attached hydrogens (tertiary/aromatic N) is 3. The number of methoxy groups -OCH3 is 1. The largest absolute Gasteiger partial charge is 0.495 e. The summed E-state index contributed by atoms with van der Waals surface area (Å²) in [5.41, 5.74) is 1.62. The van der Waals surface area contributed by atoms with E-state index in [4.69, 9.17) is 9.15 Å². The second-order valence-corrected chi connectivity index (χ2v) is 7.85. The lowest BCUT2D eigenvalue weighted by Crippen LogP contribution is -2.15. The Morgan fingerprint density at radius 1 is 1.03 bits per heavy atom. The van der Waals surface area contributed by atoms with Crippen LogP contribution in [0.3, 0.4) is 0 Å². The van der Waals surface area contributed by atoms with E-state index in [1.807, 2.05) is 19.2 Å². The van der Waals surface area contributed by atoms with Crippen LogP contribution >= 0.6 is 11.8 Å². The van der Waals surface area contributed by atoms with E-state index < -0.39 is 0 Å². The minimum absolute atomic E-state index is 0.153. The van der Waals surface area contributed by atoms with Crippen LogP contribution in [0.5, 0.6) is 5.75 Å². The van der Waals surface area contributed by atoms with Gasteiger partial charge in [0, 0.05) is 18.3 Å². The number of carbonyl (C=O) groups excluding carboxylic acids is 2. The van der Waals surface area contributed by atoms with Crippen LogP contribution in [0.4, 0.5) is 11.4 Å². The van der Waals surface area contributed by atoms with Gasteiger partial charge in [-0.3, -0.25) is 9.59 Å². The topological polar surface area (TPSA) is 111 Å². The highest BCUT2D eigenvalue weighted by atomic mass is 32.2. The lowest BCUT2D eigenvalue weighted by molar-refractivity contribution is -0.113. The molecule has 2 aromatic carbocycles. The molecular weight excluding hydrogens is 442 g/mol. The quantitative estimate of drug-likeness (QED) is 0.379. The van der Waals surface area contributed by atoms with Crippen molar-refractivity contribution in [1.82, 2.24) is 14.8 Å². The van der Waals surface area contributed by atoms with Crippen molar-refractivity contribution in [2.45, 2.75) is 5.16 Å². The van der Waals surface area contributed by atoms with Crippen LogP contribution in [0.15, 0.2) is 76.5 Å². The van der Waals surface area contributed by atoms with Gasteiger partial charge < -0.3 is 24.4 Å². The first-order chi connectivity index (χ1) is 16.0. The molecule has 33 heavy (non-hydrogen) atoms. The van der Waals surface area contributed by atoms with Crippen LogP contribution in [0.25, 0.3) is 11.6 Å². The van der Waals surface area contributed by atoms with Crippen molar-refractivity contribution in [2.24, 2.45) is 7.05 Å². The van der Waals surface area contributed by atoms with Crippen LogP contribution in [0.1, 0.15) is 10.4 Å². The summed E-state index contributed by atoms with van der Waals surface area (Å²) in [7, 11) is 3.36. The zero-order valence-electron chi connectivity index (χ0n) is 17.9. The molecule has 0 spiro atoms. The van der Waals surface area contributed by atoms with Gasteiger partial charge >= 0.3 is 0 Å². The van der Waals surface area contributed by atoms with Gasteiger partial charge in [-0.25, -0.2) is 0 Å². The molecule has 0 saturated carbocycles. The highest BCUT2D eigenvalue weighted by Crippen LogP contribution is 2.25.